The lowest BCUT2D eigenvalue weighted by Crippen LogP contribution is -2.46. The lowest BCUT2D eigenvalue weighted by Gasteiger charge is -2.34. The van der Waals surface area contributed by atoms with Gasteiger partial charge in [-0.3, -0.25) is 9.80 Å². The van der Waals surface area contributed by atoms with Gasteiger partial charge in [0.25, 0.3) is 0 Å². The first-order chi connectivity index (χ1) is 20.2. The third-order valence-corrected chi connectivity index (χ3v) is 7.40. The summed E-state index contributed by atoms with van der Waals surface area (Å²) in [5, 5.41) is 1.62. The number of halogens is 3. The van der Waals surface area contributed by atoms with E-state index in [9.17, 15) is 13.2 Å². The Morgan fingerprint density at radius 1 is 0.905 bits per heavy atom. The summed E-state index contributed by atoms with van der Waals surface area (Å²) in [5.41, 5.74) is 4.53. The fraction of sp³-hybridized carbons (Fsp3) is 0.265. The van der Waals surface area contributed by atoms with E-state index >= 15 is 0 Å². The normalized spacial score (nSPS) is 15.8. The Morgan fingerprint density at radius 3 is 2.05 bits per heavy atom. The number of nitrogens with zero attached hydrogens (tertiary/aromatic N) is 3. The molecule has 0 saturated carbocycles. The molecule has 8 heteroatoms. The van der Waals surface area contributed by atoms with Crippen LogP contribution in [0.5, 0.6) is 5.75 Å². The number of imidazole rings is 1. The Labute approximate surface area is 244 Å². The average molecular weight is 573 g/mol. The van der Waals surface area contributed by atoms with Gasteiger partial charge in [-0.05, 0) is 41.8 Å². The number of aromatic amines is 1. The molecule has 1 saturated heterocycles. The summed E-state index contributed by atoms with van der Waals surface area (Å²) in [5.74, 6) is 0.662. The van der Waals surface area contributed by atoms with Gasteiger partial charge in [0.2, 0.25) is 0 Å². The molecule has 0 bridgehead atoms. The molecule has 42 heavy (non-hydrogen) atoms. The van der Waals surface area contributed by atoms with E-state index in [1.54, 1.807) is 12.1 Å². The number of rotatable bonds is 9. The van der Waals surface area contributed by atoms with E-state index < -0.39 is 6.36 Å². The van der Waals surface area contributed by atoms with Gasteiger partial charge in [0.05, 0.1) is 16.6 Å². The van der Waals surface area contributed by atoms with Crippen LogP contribution in [0.1, 0.15) is 35.4 Å². The number of ether oxygens (including phenoxy) is 1. The SMILES string of the molecule is C=c1[nH]c(C(c2ccccc2)c2ccccc2)n/c1=C/C=C(\C)CN1CCN(Cc2ccc(OC(F)(F)F)cc2)CC1. The third-order valence-electron chi connectivity index (χ3n) is 7.40. The maximum Gasteiger partial charge on any atom is 0.573 e. The van der Waals surface area contributed by atoms with Gasteiger partial charge < -0.3 is 9.72 Å². The zero-order valence-electron chi connectivity index (χ0n) is 23.6. The van der Waals surface area contributed by atoms with E-state index in [2.05, 4.69) is 63.4 Å². The van der Waals surface area contributed by atoms with Gasteiger partial charge in [-0.1, -0.05) is 91.0 Å². The molecule has 0 atom stereocenters. The first-order valence-electron chi connectivity index (χ1n) is 14.0. The van der Waals surface area contributed by atoms with Crippen molar-refractivity contribution in [3.63, 3.8) is 0 Å². The summed E-state index contributed by atoms with van der Waals surface area (Å²) in [6.45, 7) is 11.5. The lowest BCUT2D eigenvalue weighted by molar-refractivity contribution is -0.274. The molecular weight excluding hydrogens is 537 g/mol. The number of nitrogens with one attached hydrogen (secondary N) is 1. The molecule has 4 aromatic rings. The van der Waals surface area contributed by atoms with E-state index in [-0.39, 0.29) is 11.7 Å². The average Bonchev–Trinajstić information content (AvgIpc) is 3.34. The van der Waals surface area contributed by atoms with E-state index in [1.165, 1.54) is 28.8 Å². The van der Waals surface area contributed by atoms with Crippen molar-refractivity contribution < 1.29 is 17.9 Å². The van der Waals surface area contributed by atoms with Crippen LogP contribution in [-0.4, -0.2) is 58.9 Å². The number of hydrogen-bond donors (Lipinski definition) is 1. The molecule has 1 fully saturated rings. The van der Waals surface area contributed by atoms with Gasteiger partial charge >= 0.3 is 6.36 Å². The summed E-state index contributed by atoms with van der Waals surface area (Å²) in [7, 11) is 0. The molecule has 1 aliphatic heterocycles. The molecule has 0 spiro atoms. The molecule has 1 aliphatic rings. The molecule has 5 nitrogen and oxygen atoms in total. The topological polar surface area (TPSA) is 44.4 Å². The van der Waals surface area contributed by atoms with Gasteiger partial charge in [0.15, 0.2) is 0 Å². The van der Waals surface area contributed by atoms with Crippen molar-refractivity contribution in [3.05, 3.63) is 130 Å². The Morgan fingerprint density at radius 2 is 1.48 bits per heavy atom. The first kappa shape index (κ1) is 29.4. The van der Waals surface area contributed by atoms with Gasteiger partial charge in [-0.25, -0.2) is 4.98 Å². The van der Waals surface area contributed by atoms with Gasteiger partial charge in [-0.2, -0.15) is 0 Å². The number of allylic oxidation sites excluding steroid dienone is 1. The van der Waals surface area contributed by atoms with Crippen molar-refractivity contribution in [2.45, 2.75) is 25.7 Å². The minimum absolute atomic E-state index is 0.0115. The summed E-state index contributed by atoms with van der Waals surface area (Å²) < 4.78 is 41.1. The van der Waals surface area contributed by atoms with Crippen molar-refractivity contribution >= 4 is 12.7 Å². The fourth-order valence-electron chi connectivity index (χ4n) is 5.30. The first-order valence-corrected chi connectivity index (χ1v) is 14.0. The molecule has 5 rings (SSSR count). The molecule has 2 heterocycles. The smallest absolute Gasteiger partial charge is 0.406 e. The highest BCUT2D eigenvalue weighted by molar-refractivity contribution is 5.41. The molecule has 0 amide bonds. The highest BCUT2D eigenvalue weighted by Gasteiger charge is 2.31. The molecule has 1 N–H and O–H groups in total. The number of hydrogen-bond acceptors (Lipinski definition) is 4. The van der Waals surface area contributed by atoms with Crippen molar-refractivity contribution in [3.8, 4) is 5.75 Å². The second-order valence-electron chi connectivity index (χ2n) is 10.7. The highest BCUT2D eigenvalue weighted by atomic mass is 19.4. The highest BCUT2D eigenvalue weighted by Crippen LogP contribution is 2.28. The zero-order valence-corrected chi connectivity index (χ0v) is 23.6. The fourth-order valence-corrected chi connectivity index (χ4v) is 5.30. The minimum atomic E-state index is -4.67. The monoisotopic (exact) mass is 572 g/mol. The van der Waals surface area contributed by atoms with Crippen LogP contribution in [0.25, 0.3) is 12.7 Å². The van der Waals surface area contributed by atoms with Crippen molar-refractivity contribution in [2.24, 2.45) is 0 Å². The molecular formula is C34H35F3N4O. The Bertz CT molecular complexity index is 1530. The molecule has 218 valence electrons. The van der Waals surface area contributed by atoms with E-state index in [1.807, 2.05) is 42.5 Å². The van der Waals surface area contributed by atoms with Gasteiger partial charge in [-0.15, -0.1) is 13.2 Å². The Kier molecular flexibility index (Phi) is 9.25. The quantitative estimate of drug-likeness (QED) is 0.290. The van der Waals surface area contributed by atoms with E-state index in [0.717, 1.165) is 54.8 Å². The maximum atomic E-state index is 12.4. The standard InChI is InChI=1S/C34H35F3N4O/c1-25(23-40-19-21-41(22-20-40)24-27-14-16-30(17-15-27)42-34(35,36)37)13-18-31-26(2)38-33(39-31)32(28-9-5-3-6-10-28)29-11-7-4-8-12-29/h3-18,32H,2,19-24H2,1H3,(H,38,39)/b25-13+,31-18+. The van der Waals surface area contributed by atoms with Crippen LogP contribution in [0, 0.1) is 0 Å². The van der Waals surface area contributed by atoms with Crippen molar-refractivity contribution in [2.75, 3.05) is 32.7 Å². The van der Waals surface area contributed by atoms with Crippen LogP contribution in [0.15, 0.2) is 96.6 Å². The van der Waals surface area contributed by atoms with Crippen LogP contribution < -0.4 is 15.4 Å². The van der Waals surface area contributed by atoms with Crippen LogP contribution in [0.3, 0.4) is 0 Å². The van der Waals surface area contributed by atoms with Gasteiger partial charge in [0.1, 0.15) is 11.6 Å². The Hall–Kier alpha value is -4.14. The van der Waals surface area contributed by atoms with E-state index in [4.69, 9.17) is 4.98 Å². The van der Waals surface area contributed by atoms with Crippen molar-refractivity contribution in [1.29, 1.82) is 0 Å². The minimum Gasteiger partial charge on any atom is -0.406 e. The van der Waals surface area contributed by atoms with Crippen LogP contribution in [0.4, 0.5) is 13.2 Å². The lowest BCUT2D eigenvalue weighted by atomic mass is 9.91. The zero-order chi connectivity index (χ0) is 29.5. The Balaban J connectivity index is 1.19. The maximum absolute atomic E-state index is 12.4. The summed E-state index contributed by atoms with van der Waals surface area (Å²) in [4.78, 5) is 13.1. The number of aromatic nitrogens is 2. The van der Waals surface area contributed by atoms with Crippen molar-refractivity contribution in [1.82, 2.24) is 19.8 Å². The molecule has 0 radical (unpaired) electrons. The number of alkyl halides is 3. The largest absolute Gasteiger partial charge is 0.573 e. The molecule has 3 aromatic carbocycles. The van der Waals surface area contributed by atoms with Crippen LogP contribution >= 0.6 is 0 Å². The molecule has 0 unspecified atom stereocenters. The number of piperazine rings is 1. The second-order valence-corrected chi connectivity index (χ2v) is 10.7. The second kappa shape index (κ2) is 13.2. The van der Waals surface area contributed by atoms with Gasteiger partial charge in [0, 0.05) is 39.3 Å². The summed E-state index contributed by atoms with van der Waals surface area (Å²) in [6.07, 6.45) is -0.522. The van der Waals surface area contributed by atoms with Crippen LogP contribution in [0.2, 0.25) is 0 Å². The predicted octanol–water partition coefficient (Wildman–Crippen LogP) is 5.44. The van der Waals surface area contributed by atoms with E-state index in [0.29, 0.717) is 6.54 Å². The summed E-state index contributed by atoms with van der Waals surface area (Å²) in [6, 6.07) is 26.8. The third kappa shape index (κ3) is 7.99. The van der Waals surface area contributed by atoms with Crippen LogP contribution in [-0.2, 0) is 6.54 Å². The number of H-pyrrole nitrogens is 1. The molecule has 0 aliphatic carbocycles. The number of benzene rings is 3. The predicted molar refractivity (Wildman–Crippen MR) is 160 cm³/mol. The molecule has 1 aromatic heterocycles. The summed E-state index contributed by atoms with van der Waals surface area (Å²) >= 11 is 0.